The van der Waals surface area contributed by atoms with Crippen LogP contribution in [0.15, 0.2) is 47.5 Å². The molecule has 0 fully saturated rings. The second-order valence-electron chi connectivity index (χ2n) is 5.81. The van der Waals surface area contributed by atoms with Gasteiger partial charge >= 0.3 is 0 Å². The lowest BCUT2D eigenvalue weighted by molar-refractivity contribution is -0.122. The van der Waals surface area contributed by atoms with Gasteiger partial charge in [0.1, 0.15) is 6.54 Å². The van der Waals surface area contributed by atoms with Gasteiger partial charge in [-0.15, -0.1) is 0 Å². The van der Waals surface area contributed by atoms with Crippen LogP contribution in [0.1, 0.15) is 18.5 Å². The molecule has 8 heteroatoms. The lowest BCUT2D eigenvalue weighted by Crippen LogP contribution is -2.34. The number of halogens is 3. The molecule has 3 aromatic rings. The fraction of sp³-hybridized carbons (Fsp3) is 0.167. The van der Waals surface area contributed by atoms with E-state index < -0.39 is 0 Å². The Kier molecular flexibility index (Phi) is 5.51. The molecule has 1 amide bonds. The number of hydrogen-bond acceptors (Lipinski definition) is 3. The molecule has 1 N–H and O–H groups in total. The zero-order valence-corrected chi connectivity index (χ0v) is 15.9. The van der Waals surface area contributed by atoms with Gasteiger partial charge in [-0.25, -0.2) is 4.98 Å². The van der Waals surface area contributed by atoms with Crippen molar-refractivity contribution >= 4 is 51.6 Å². The third-order valence-electron chi connectivity index (χ3n) is 3.89. The average molecular weight is 411 g/mol. The van der Waals surface area contributed by atoms with Crippen molar-refractivity contribution in [3.05, 3.63) is 73.7 Å². The van der Waals surface area contributed by atoms with E-state index in [0.29, 0.717) is 15.6 Å². The maximum Gasteiger partial charge on any atom is 0.261 e. The van der Waals surface area contributed by atoms with Gasteiger partial charge in [0.05, 0.1) is 28.3 Å². The van der Waals surface area contributed by atoms with E-state index in [-0.39, 0.29) is 34.5 Å². The SMILES string of the molecule is C[C@H](NC(=O)Cn1cnc2c(Cl)cc(Cl)cc2c1=O)c1cccc(Cl)c1. The number of hydrogen-bond donors (Lipinski definition) is 1. The predicted octanol–water partition coefficient (Wildman–Crippen LogP) is 4.23. The first-order chi connectivity index (χ1) is 12.3. The van der Waals surface area contributed by atoms with Gasteiger partial charge in [-0.3, -0.25) is 14.2 Å². The van der Waals surface area contributed by atoms with E-state index in [1.54, 1.807) is 12.1 Å². The molecule has 0 aliphatic rings. The topological polar surface area (TPSA) is 64.0 Å². The van der Waals surface area contributed by atoms with Crippen LogP contribution in [-0.4, -0.2) is 15.5 Å². The summed E-state index contributed by atoms with van der Waals surface area (Å²) >= 11 is 18.0. The Balaban J connectivity index is 1.81. The summed E-state index contributed by atoms with van der Waals surface area (Å²) in [4.78, 5) is 29.1. The minimum absolute atomic E-state index is 0.170. The molecule has 0 unspecified atom stereocenters. The zero-order valence-electron chi connectivity index (χ0n) is 13.7. The predicted molar refractivity (Wildman–Crippen MR) is 104 cm³/mol. The van der Waals surface area contributed by atoms with Crippen molar-refractivity contribution in [3.8, 4) is 0 Å². The molecule has 1 atom stereocenters. The van der Waals surface area contributed by atoms with Crippen molar-refractivity contribution < 1.29 is 4.79 Å². The summed E-state index contributed by atoms with van der Waals surface area (Å²) in [6.07, 6.45) is 1.30. The summed E-state index contributed by atoms with van der Waals surface area (Å²) in [6, 6.07) is 9.96. The smallest absolute Gasteiger partial charge is 0.261 e. The van der Waals surface area contributed by atoms with E-state index >= 15 is 0 Å². The first-order valence-electron chi connectivity index (χ1n) is 7.74. The van der Waals surface area contributed by atoms with Crippen molar-refractivity contribution in [1.82, 2.24) is 14.9 Å². The average Bonchev–Trinajstić information content (AvgIpc) is 2.57. The van der Waals surface area contributed by atoms with Crippen LogP contribution < -0.4 is 10.9 Å². The lowest BCUT2D eigenvalue weighted by Gasteiger charge is -2.15. The molecule has 2 aromatic carbocycles. The molecule has 0 aliphatic heterocycles. The van der Waals surface area contributed by atoms with Gasteiger partial charge in [0.2, 0.25) is 5.91 Å². The van der Waals surface area contributed by atoms with Gasteiger partial charge in [-0.1, -0.05) is 46.9 Å². The van der Waals surface area contributed by atoms with Gasteiger partial charge < -0.3 is 5.32 Å². The Morgan fingerprint density at radius 1 is 1.19 bits per heavy atom. The minimum Gasteiger partial charge on any atom is -0.348 e. The van der Waals surface area contributed by atoms with E-state index in [9.17, 15) is 9.59 Å². The third-order valence-corrected chi connectivity index (χ3v) is 4.63. The molecule has 0 saturated heterocycles. The summed E-state index contributed by atoms with van der Waals surface area (Å²) in [5.74, 6) is -0.325. The van der Waals surface area contributed by atoms with Gasteiger partial charge in [0.15, 0.2) is 0 Å². The first-order valence-corrected chi connectivity index (χ1v) is 8.87. The summed E-state index contributed by atoms with van der Waals surface area (Å²) in [5.41, 5.74) is 0.836. The number of aromatic nitrogens is 2. The standard InChI is InChI=1S/C18H14Cl3N3O2/c1-10(11-3-2-4-12(19)5-11)23-16(25)8-24-9-22-17-14(18(24)26)6-13(20)7-15(17)21/h2-7,9-10H,8H2,1H3,(H,23,25)/t10-/m0/s1. The highest BCUT2D eigenvalue weighted by Crippen LogP contribution is 2.24. The molecular weight excluding hydrogens is 397 g/mol. The number of amides is 1. The third kappa shape index (κ3) is 4.01. The Hall–Kier alpha value is -2.08. The van der Waals surface area contributed by atoms with Crippen molar-refractivity contribution in [1.29, 1.82) is 0 Å². The monoisotopic (exact) mass is 409 g/mol. The molecule has 0 spiro atoms. The first kappa shape index (κ1) is 18.7. The molecule has 134 valence electrons. The van der Waals surface area contributed by atoms with Crippen molar-refractivity contribution in [2.45, 2.75) is 19.5 Å². The van der Waals surface area contributed by atoms with Crippen molar-refractivity contribution in [2.24, 2.45) is 0 Å². The minimum atomic E-state index is -0.384. The van der Waals surface area contributed by atoms with Crippen LogP contribution >= 0.6 is 34.8 Å². The molecule has 1 heterocycles. The molecule has 0 bridgehead atoms. The highest BCUT2D eigenvalue weighted by molar-refractivity contribution is 6.38. The number of nitrogens with zero attached hydrogens (tertiary/aromatic N) is 2. The number of carbonyl (C=O) groups is 1. The van der Waals surface area contributed by atoms with Crippen LogP contribution in [0.5, 0.6) is 0 Å². The van der Waals surface area contributed by atoms with E-state index in [1.807, 2.05) is 19.1 Å². The van der Waals surface area contributed by atoms with E-state index in [4.69, 9.17) is 34.8 Å². The highest BCUT2D eigenvalue weighted by Gasteiger charge is 2.14. The van der Waals surface area contributed by atoms with Crippen LogP contribution in [0.25, 0.3) is 10.9 Å². The van der Waals surface area contributed by atoms with Crippen molar-refractivity contribution in [2.75, 3.05) is 0 Å². The second-order valence-corrected chi connectivity index (χ2v) is 7.09. The van der Waals surface area contributed by atoms with Crippen LogP contribution in [0.4, 0.5) is 0 Å². The van der Waals surface area contributed by atoms with Crippen LogP contribution in [0.3, 0.4) is 0 Å². The summed E-state index contributed by atoms with van der Waals surface area (Å²) < 4.78 is 1.22. The van der Waals surface area contributed by atoms with Crippen LogP contribution in [0, 0.1) is 0 Å². The van der Waals surface area contributed by atoms with Gasteiger partial charge in [0.25, 0.3) is 5.56 Å². The summed E-state index contributed by atoms with van der Waals surface area (Å²) in [5, 5.41) is 4.31. The number of nitrogens with one attached hydrogen (secondary N) is 1. The number of benzene rings is 2. The fourth-order valence-electron chi connectivity index (χ4n) is 2.61. The highest BCUT2D eigenvalue weighted by atomic mass is 35.5. The molecule has 5 nitrogen and oxygen atoms in total. The lowest BCUT2D eigenvalue weighted by atomic mass is 10.1. The van der Waals surface area contributed by atoms with E-state index in [2.05, 4.69) is 10.3 Å². The second kappa shape index (κ2) is 7.66. The number of fused-ring (bicyclic) bond motifs is 1. The Morgan fingerprint density at radius 2 is 1.96 bits per heavy atom. The molecular formula is C18H14Cl3N3O2. The Morgan fingerprint density at radius 3 is 2.69 bits per heavy atom. The summed E-state index contributed by atoms with van der Waals surface area (Å²) in [6.45, 7) is 1.67. The molecule has 0 saturated carbocycles. The molecule has 0 aliphatic carbocycles. The van der Waals surface area contributed by atoms with Gasteiger partial charge in [-0.2, -0.15) is 0 Å². The normalized spacial score (nSPS) is 12.2. The van der Waals surface area contributed by atoms with Crippen LogP contribution in [-0.2, 0) is 11.3 Å². The maximum absolute atomic E-state index is 12.6. The molecule has 26 heavy (non-hydrogen) atoms. The Labute approximate surface area is 164 Å². The molecule has 0 radical (unpaired) electrons. The van der Waals surface area contributed by atoms with E-state index in [1.165, 1.54) is 23.0 Å². The fourth-order valence-corrected chi connectivity index (χ4v) is 3.35. The number of carbonyl (C=O) groups excluding carboxylic acids is 1. The largest absolute Gasteiger partial charge is 0.348 e. The quantitative estimate of drug-likeness (QED) is 0.700. The maximum atomic E-state index is 12.6. The van der Waals surface area contributed by atoms with E-state index in [0.717, 1.165) is 5.56 Å². The van der Waals surface area contributed by atoms with Crippen LogP contribution in [0.2, 0.25) is 15.1 Å². The molecule has 1 aromatic heterocycles. The molecule has 3 rings (SSSR count). The van der Waals surface area contributed by atoms with Gasteiger partial charge in [-0.05, 0) is 36.8 Å². The Bertz CT molecular complexity index is 1050. The number of rotatable bonds is 4. The van der Waals surface area contributed by atoms with Gasteiger partial charge in [0, 0.05) is 10.0 Å². The zero-order chi connectivity index (χ0) is 18.8. The van der Waals surface area contributed by atoms with Crippen molar-refractivity contribution in [3.63, 3.8) is 0 Å². The summed E-state index contributed by atoms with van der Waals surface area (Å²) in [7, 11) is 0.